The van der Waals surface area contributed by atoms with Crippen LogP contribution in [0.3, 0.4) is 0 Å². The first-order valence-electron chi connectivity index (χ1n) is 7.04. The lowest BCUT2D eigenvalue weighted by atomic mass is 9.78. The van der Waals surface area contributed by atoms with Crippen LogP contribution in [0.1, 0.15) is 59.3 Å². The molecule has 0 amide bonds. The monoisotopic (exact) mass is 226 g/mol. The van der Waals surface area contributed by atoms with Gasteiger partial charge in [0.1, 0.15) is 0 Å². The molecule has 1 saturated carbocycles. The van der Waals surface area contributed by atoms with Gasteiger partial charge < -0.3 is 11.1 Å². The van der Waals surface area contributed by atoms with Gasteiger partial charge in [0.05, 0.1) is 0 Å². The number of hydrogen-bond acceptors (Lipinski definition) is 2. The summed E-state index contributed by atoms with van der Waals surface area (Å²) in [7, 11) is 0. The maximum Gasteiger partial charge on any atom is 0.0162 e. The summed E-state index contributed by atoms with van der Waals surface area (Å²) in [4.78, 5) is 0. The molecule has 0 aromatic heterocycles. The molecule has 0 bridgehead atoms. The molecule has 0 saturated heterocycles. The summed E-state index contributed by atoms with van der Waals surface area (Å²) >= 11 is 0. The maximum atomic E-state index is 5.94. The third kappa shape index (κ3) is 4.42. The second kappa shape index (κ2) is 6.61. The Morgan fingerprint density at radius 2 is 1.88 bits per heavy atom. The Kier molecular flexibility index (Phi) is 5.77. The van der Waals surface area contributed by atoms with E-state index in [1.165, 1.54) is 38.6 Å². The van der Waals surface area contributed by atoms with Gasteiger partial charge in [0.25, 0.3) is 0 Å². The van der Waals surface area contributed by atoms with Crippen molar-refractivity contribution in [3.63, 3.8) is 0 Å². The normalized spacial score (nSPS) is 21.6. The third-order valence-corrected chi connectivity index (χ3v) is 3.94. The summed E-state index contributed by atoms with van der Waals surface area (Å²) in [5.41, 5.74) is 6.52. The quantitative estimate of drug-likeness (QED) is 0.700. The van der Waals surface area contributed by atoms with Crippen LogP contribution in [0.25, 0.3) is 0 Å². The molecule has 3 N–H and O–H groups in total. The van der Waals surface area contributed by atoms with Gasteiger partial charge in [-0.15, -0.1) is 0 Å². The van der Waals surface area contributed by atoms with E-state index in [0.29, 0.717) is 11.5 Å². The van der Waals surface area contributed by atoms with Crippen molar-refractivity contribution in [2.75, 3.05) is 13.1 Å². The summed E-state index contributed by atoms with van der Waals surface area (Å²) in [5.74, 6) is 0.819. The zero-order valence-corrected chi connectivity index (χ0v) is 11.4. The van der Waals surface area contributed by atoms with E-state index < -0.39 is 0 Å². The highest BCUT2D eigenvalue weighted by Crippen LogP contribution is 2.42. The minimum atomic E-state index is 0.331. The van der Waals surface area contributed by atoms with E-state index in [4.69, 9.17) is 5.73 Å². The molecule has 1 aliphatic carbocycles. The molecule has 0 heterocycles. The van der Waals surface area contributed by atoms with Crippen molar-refractivity contribution >= 4 is 0 Å². The van der Waals surface area contributed by atoms with E-state index in [9.17, 15) is 0 Å². The Hall–Kier alpha value is -0.0800. The number of nitrogens with two attached hydrogens (primary N) is 1. The predicted molar refractivity (Wildman–Crippen MR) is 71.5 cm³/mol. The maximum absolute atomic E-state index is 5.94. The molecular formula is C14H30N2. The van der Waals surface area contributed by atoms with Crippen LogP contribution in [-0.4, -0.2) is 19.1 Å². The van der Waals surface area contributed by atoms with Crippen molar-refractivity contribution in [3.05, 3.63) is 0 Å². The average molecular weight is 226 g/mol. The van der Waals surface area contributed by atoms with Crippen LogP contribution < -0.4 is 11.1 Å². The molecule has 16 heavy (non-hydrogen) atoms. The summed E-state index contributed by atoms with van der Waals surface area (Å²) in [6, 6.07) is 0.331. The fourth-order valence-corrected chi connectivity index (χ4v) is 3.11. The zero-order valence-electron chi connectivity index (χ0n) is 11.4. The zero-order chi connectivity index (χ0) is 12.0. The van der Waals surface area contributed by atoms with Gasteiger partial charge in [-0.05, 0) is 37.0 Å². The highest BCUT2D eigenvalue weighted by molar-refractivity contribution is 4.87. The number of nitrogens with one attached hydrogen (secondary N) is 1. The van der Waals surface area contributed by atoms with E-state index in [1.54, 1.807) is 0 Å². The first kappa shape index (κ1) is 14.0. The van der Waals surface area contributed by atoms with E-state index in [0.717, 1.165) is 18.9 Å². The topological polar surface area (TPSA) is 38.0 Å². The second-order valence-electron chi connectivity index (χ2n) is 6.10. The van der Waals surface area contributed by atoms with Gasteiger partial charge in [-0.2, -0.15) is 0 Å². The van der Waals surface area contributed by atoms with Crippen LogP contribution in [0.4, 0.5) is 0 Å². The Bertz CT molecular complexity index is 183. The van der Waals surface area contributed by atoms with E-state index in [2.05, 4.69) is 26.1 Å². The molecule has 2 nitrogen and oxygen atoms in total. The summed E-state index contributed by atoms with van der Waals surface area (Å²) < 4.78 is 0. The van der Waals surface area contributed by atoms with Gasteiger partial charge in [0.2, 0.25) is 0 Å². The van der Waals surface area contributed by atoms with Crippen molar-refractivity contribution < 1.29 is 0 Å². The first-order valence-corrected chi connectivity index (χ1v) is 7.04. The summed E-state index contributed by atoms with van der Waals surface area (Å²) in [5, 5.41) is 3.60. The van der Waals surface area contributed by atoms with Crippen molar-refractivity contribution in [2.45, 2.75) is 65.3 Å². The molecule has 1 unspecified atom stereocenters. The van der Waals surface area contributed by atoms with Crippen LogP contribution in [0.2, 0.25) is 0 Å². The third-order valence-electron chi connectivity index (χ3n) is 3.94. The van der Waals surface area contributed by atoms with Crippen molar-refractivity contribution in [1.29, 1.82) is 0 Å². The van der Waals surface area contributed by atoms with E-state index in [-0.39, 0.29) is 0 Å². The molecule has 1 aliphatic rings. The van der Waals surface area contributed by atoms with Gasteiger partial charge in [-0.3, -0.25) is 0 Å². The van der Waals surface area contributed by atoms with Crippen LogP contribution >= 0.6 is 0 Å². The molecule has 1 fully saturated rings. The molecule has 2 heteroatoms. The molecular weight excluding hydrogens is 196 g/mol. The highest BCUT2D eigenvalue weighted by Gasteiger charge is 2.33. The molecule has 0 aliphatic heterocycles. The standard InChI is InChI=1S/C14H30N2/c1-4-13(15)10-16-11-14(9-12(2)3)7-5-6-8-14/h12-13,16H,4-11,15H2,1-3H3. The Morgan fingerprint density at radius 1 is 1.25 bits per heavy atom. The minimum absolute atomic E-state index is 0.331. The molecule has 0 aromatic carbocycles. The molecule has 1 rings (SSSR count). The van der Waals surface area contributed by atoms with Crippen LogP contribution in [0, 0.1) is 11.3 Å². The lowest BCUT2D eigenvalue weighted by Gasteiger charge is -2.31. The smallest absolute Gasteiger partial charge is 0.0162 e. The Balaban J connectivity index is 2.33. The predicted octanol–water partition coefficient (Wildman–Crippen LogP) is 2.92. The van der Waals surface area contributed by atoms with Crippen molar-refractivity contribution in [1.82, 2.24) is 5.32 Å². The van der Waals surface area contributed by atoms with E-state index in [1.807, 2.05) is 0 Å². The highest BCUT2D eigenvalue weighted by atomic mass is 14.9. The molecule has 0 spiro atoms. The summed E-state index contributed by atoms with van der Waals surface area (Å²) in [6.45, 7) is 9.01. The molecule has 1 atom stereocenters. The Labute approximate surface area is 101 Å². The lowest BCUT2D eigenvalue weighted by Crippen LogP contribution is -2.39. The minimum Gasteiger partial charge on any atom is -0.327 e. The largest absolute Gasteiger partial charge is 0.327 e. The van der Waals surface area contributed by atoms with Crippen LogP contribution in [0.15, 0.2) is 0 Å². The fourth-order valence-electron chi connectivity index (χ4n) is 3.11. The van der Waals surface area contributed by atoms with Gasteiger partial charge in [0, 0.05) is 19.1 Å². The molecule has 0 aromatic rings. The van der Waals surface area contributed by atoms with Crippen molar-refractivity contribution in [3.8, 4) is 0 Å². The summed E-state index contributed by atoms with van der Waals surface area (Å²) in [6.07, 6.45) is 8.13. The second-order valence-corrected chi connectivity index (χ2v) is 6.10. The van der Waals surface area contributed by atoms with Crippen molar-refractivity contribution in [2.24, 2.45) is 17.1 Å². The molecule has 96 valence electrons. The number of hydrogen-bond donors (Lipinski definition) is 2. The number of rotatable bonds is 7. The van der Waals surface area contributed by atoms with Gasteiger partial charge in [-0.25, -0.2) is 0 Å². The van der Waals surface area contributed by atoms with Crippen LogP contribution in [-0.2, 0) is 0 Å². The fraction of sp³-hybridized carbons (Fsp3) is 1.00. The van der Waals surface area contributed by atoms with Gasteiger partial charge >= 0.3 is 0 Å². The van der Waals surface area contributed by atoms with E-state index >= 15 is 0 Å². The van der Waals surface area contributed by atoms with Gasteiger partial charge in [0.15, 0.2) is 0 Å². The lowest BCUT2D eigenvalue weighted by molar-refractivity contribution is 0.222. The van der Waals surface area contributed by atoms with Crippen LogP contribution in [0.5, 0.6) is 0 Å². The first-order chi connectivity index (χ1) is 7.58. The van der Waals surface area contributed by atoms with Gasteiger partial charge in [-0.1, -0.05) is 33.6 Å². The molecule has 0 radical (unpaired) electrons. The SMILES string of the molecule is CCC(N)CNCC1(CC(C)C)CCCC1. The average Bonchev–Trinajstić information content (AvgIpc) is 2.65. The Morgan fingerprint density at radius 3 is 2.38 bits per heavy atom.